The molecule has 0 amide bonds. The normalized spacial score (nSPS) is 12.6. The number of carbonyl (C=O) groups is 1. The fourth-order valence-electron chi connectivity index (χ4n) is 2.67. The zero-order valence-corrected chi connectivity index (χ0v) is 12.8. The molecule has 0 aliphatic carbocycles. The average molecular weight is 268 g/mol. The maximum Gasteiger partial charge on any atom is 0.160 e. The molecule has 1 heteroatoms. The van der Waals surface area contributed by atoms with E-state index in [2.05, 4.69) is 44.2 Å². The van der Waals surface area contributed by atoms with Crippen molar-refractivity contribution in [3.63, 3.8) is 0 Å². The van der Waals surface area contributed by atoms with Gasteiger partial charge >= 0.3 is 0 Å². The van der Waals surface area contributed by atoms with E-state index < -0.39 is 0 Å². The van der Waals surface area contributed by atoms with E-state index in [0.717, 1.165) is 29.7 Å². The fraction of sp³-hybridized carbons (Fsp3) is 0.421. The molecule has 0 radical (unpaired) electrons. The second-order valence-corrected chi connectivity index (χ2v) is 5.82. The Labute approximate surface area is 122 Å². The topological polar surface area (TPSA) is 17.1 Å². The molecule has 0 aliphatic heterocycles. The molecule has 1 unspecified atom stereocenters. The van der Waals surface area contributed by atoms with Crippen LogP contribution >= 0.6 is 0 Å². The highest BCUT2D eigenvalue weighted by atomic mass is 16.1. The van der Waals surface area contributed by atoms with E-state index in [4.69, 9.17) is 0 Å². The van der Waals surface area contributed by atoms with Crippen LogP contribution in [0.3, 0.4) is 0 Å². The van der Waals surface area contributed by atoms with Crippen LogP contribution in [-0.2, 0) is 6.42 Å². The fourth-order valence-corrected chi connectivity index (χ4v) is 2.67. The van der Waals surface area contributed by atoms with E-state index in [9.17, 15) is 4.79 Å². The van der Waals surface area contributed by atoms with Crippen LogP contribution < -0.4 is 0 Å². The predicted octanol–water partition coefficient (Wildman–Crippen LogP) is 5.41. The Bertz CT molecular complexity index is 598. The van der Waals surface area contributed by atoms with Gasteiger partial charge in [0.1, 0.15) is 0 Å². The van der Waals surface area contributed by atoms with Crippen LogP contribution in [0.1, 0.15) is 56.0 Å². The Morgan fingerprint density at radius 2 is 1.80 bits per heavy atom. The number of rotatable bonds is 6. The molecule has 106 valence electrons. The Balaban J connectivity index is 2.25. The molecule has 0 fully saturated rings. The van der Waals surface area contributed by atoms with E-state index in [1.807, 2.05) is 6.07 Å². The third-order valence-electron chi connectivity index (χ3n) is 4.19. The van der Waals surface area contributed by atoms with Gasteiger partial charge in [0.05, 0.1) is 0 Å². The van der Waals surface area contributed by atoms with Crippen LogP contribution in [0, 0.1) is 5.92 Å². The summed E-state index contributed by atoms with van der Waals surface area (Å²) in [5.41, 5.74) is 2.10. The van der Waals surface area contributed by atoms with Crippen molar-refractivity contribution in [3.05, 3.63) is 47.5 Å². The molecule has 0 saturated carbocycles. The quantitative estimate of drug-likeness (QED) is 0.640. The summed E-state index contributed by atoms with van der Waals surface area (Å²) in [6, 6.07) is 12.5. The van der Waals surface area contributed by atoms with Crippen molar-refractivity contribution in [2.24, 2.45) is 5.92 Å². The van der Waals surface area contributed by atoms with E-state index >= 15 is 0 Å². The Morgan fingerprint density at radius 1 is 1.15 bits per heavy atom. The molecule has 0 spiro atoms. The van der Waals surface area contributed by atoms with Gasteiger partial charge < -0.3 is 0 Å². The highest BCUT2D eigenvalue weighted by molar-refractivity contribution is 6.00. The molecule has 2 rings (SSSR count). The van der Waals surface area contributed by atoms with Gasteiger partial charge in [-0.3, -0.25) is 4.79 Å². The summed E-state index contributed by atoms with van der Waals surface area (Å²) in [5.74, 6) is 0.950. The summed E-state index contributed by atoms with van der Waals surface area (Å²) in [6.45, 7) is 6.20. The maximum atomic E-state index is 11.9. The van der Waals surface area contributed by atoms with E-state index in [1.54, 1.807) is 6.92 Å². The van der Waals surface area contributed by atoms with Gasteiger partial charge in [0, 0.05) is 5.56 Å². The first kappa shape index (κ1) is 14.8. The first-order chi connectivity index (χ1) is 9.61. The van der Waals surface area contributed by atoms with Gasteiger partial charge in [-0.05, 0) is 48.1 Å². The number of hydrogen-bond donors (Lipinski definition) is 0. The van der Waals surface area contributed by atoms with Gasteiger partial charge in [-0.1, -0.05) is 57.0 Å². The van der Waals surface area contributed by atoms with Crippen molar-refractivity contribution in [2.45, 2.75) is 46.5 Å². The lowest BCUT2D eigenvalue weighted by molar-refractivity contribution is 0.101. The number of Topliss-reactive ketones (excluding diaryl/α,β-unsaturated/α-hetero) is 1. The summed E-state index contributed by atoms with van der Waals surface area (Å²) in [6.07, 6.45) is 4.63. The second kappa shape index (κ2) is 6.69. The van der Waals surface area contributed by atoms with Gasteiger partial charge in [0.25, 0.3) is 0 Å². The third kappa shape index (κ3) is 3.47. The number of ketones is 1. The summed E-state index contributed by atoms with van der Waals surface area (Å²) in [7, 11) is 0. The van der Waals surface area contributed by atoms with Crippen molar-refractivity contribution in [1.82, 2.24) is 0 Å². The van der Waals surface area contributed by atoms with Crippen molar-refractivity contribution >= 4 is 16.6 Å². The standard InChI is InChI=1S/C19H24O/c1-4-14(2)8-7-11-18-12-16-9-5-6-10-17(16)13-19(18)15(3)20/h5-6,9-10,12-14H,4,7-8,11H2,1-3H3. The molecule has 20 heavy (non-hydrogen) atoms. The van der Waals surface area contributed by atoms with Gasteiger partial charge in [0.15, 0.2) is 5.78 Å². The van der Waals surface area contributed by atoms with Gasteiger partial charge in [-0.2, -0.15) is 0 Å². The number of fused-ring (bicyclic) bond motifs is 1. The molecule has 2 aromatic rings. The molecule has 0 heterocycles. The smallest absolute Gasteiger partial charge is 0.160 e. The zero-order valence-electron chi connectivity index (χ0n) is 12.8. The molecular weight excluding hydrogens is 244 g/mol. The summed E-state index contributed by atoms with van der Waals surface area (Å²) in [4.78, 5) is 11.9. The number of aryl methyl sites for hydroxylation is 1. The van der Waals surface area contributed by atoms with Crippen LogP contribution in [0.2, 0.25) is 0 Å². The minimum atomic E-state index is 0.175. The molecule has 1 nitrogen and oxygen atoms in total. The van der Waals surface area contributed by atoms with Crippen LogP contribution in [0.15, 0.2) is 36.4 Å². The van der Waals surface area contributed by atoms with Gasteiger partial charge in [-0.25, -0.2) is 0 Å². The van der Waals surface area contributed by atoms with Gasteiger partial charge in [0.2, 0.25) is 0 Å². The van der Waals surface area contributed by atoms with Crippen molar-refractivity contribution in [3.8, 4) is 0 Å². The predicted molar refractivity (Wildman–Crippen MR) is 86.3 cm³/mol. The van der Waals surface area contributed by atoms with Crippen LogP contribution in [0.25, 0.3) is 10.8 Å². The van der Waals surface area contributed by atoms with E-state index in [-0.39, 0.29) is 5.78 Å². The van der Waals surface area contributed by atoms with Crippen molar-refractivity contribution in [2.75, 3.05) is 0 Å². The lowest BCUT2D eigenvalue weighted by atomic mass is 9.93. The Kier molecular flexibility index (Phi) is 4.94. The molecule has 0 saturated heterocycles. The molecule has 2 aromatic carbocycles. The molecule has 0 aromatic heterocycles. The zero-order chi connectivity index (χ0) is 14.5. The first-order valence-corrected chi connectivity index (χ1v) is 7.64. The number of carbonyl (C=O) groups excluding carboxylic acids is 1. The maximum absolute atomic E-state index is 11.9. The van der Waals surface area contributed by atoms with E-state index in [1.165, 1.54) is 23.8 Å². The third-order valence-corrected chi connectivity index (χ3v) is 4.19. The second-order valence-electron chi connectivity index (χ2n) is 5.82. The highest BCUT2D eigenvalue weighted by Gasteiger charge is 2.09. The molecule has 1 atom stereocenters. The lowest BCUT2D eigenvalue weighted by Crippen LogP contribution is -2.01. The largest absolute Gasteiger partial charge is 0.295 e. The van der Waals surface area contributed by atoms with Crippen molar-refractivity contribution < 1.29 is 4.79 Å². The van der Waals surface area contributed by atoms with Crippen LogP contribution in [0.5, 0.6) is 0 Å². The number of benzene rings is 2. The monoisotopic (exact) mass is 268 g/mol. The average Bonchev–Trinajstić information content (AvgIpc) is 2.46. The molecule has 0 aliphatic rings. The SMILES string of the molecule is CCC(C)CCCc1cc2ccccc2cc1C(C)=O. The summed E-state index contributed by atoms with van der Waals surface area (Å²) >= 11 is 0. The minimum absolute atomic E-state index is 0.175. The molecule has 0 N–H and O–H groups in total. The van der Waals surface area contributed by atoms with Crippen LogP contribution in [0.4, 0.5) is 0 Å². The van der Waals surface area contributed by atoms with E-state index in [0.29, 0.717) is 0 Å². The lowest BCUT2D eigenvalue weighted by Gasteiger charge is -2.11. The first-order valence-electron chi connectivity index (χ1n) is 7.64. The Morgan fingerprint density at radius 3 is 2.40 bits per heavy atom. The minimum Gasteiger partial charge on any atom is -0.295 e. The molecular formula is C19H24O. The van der Waals surface area contributed by atoms with Crippen molar-refractivity contribution in [1.29, 1.82) is 0 Å². The van der Waals surface area contributed by atoms with Gasteiger partial charge in [-0.15, -0.1) is 0 Å². The molecule has 0 bridgehead atoms. The number of hydrogen-bond acceptors (Lipinski definition) is 1. The highest BCUT2D eigenvalue weighted by Crippen LogP contribution is 2.23. The summed E-state index contributed by atoms with van der Waals surface area (Å²) < 4.78 is 0. The van der Waals surface area contributed by atoms with Crippen LogP contribution in [-0.4, -0.2) is 5.78 Å². The summed E-state index contributed by atoms with van der Waals surface area (Å²) in [5, 5.41) is 2.39. The Hall–Kier alpha value is -1.63.